The van der Waals surface area contributed by atoms with E-state index in [0.717, 1.165) is 0 Å². The standard InChI is InChI=1S/C11H21N2/c1-5-10(3)12-7-8-13(9-12)11(4)6-2/h7-11H,5-6H2,1-4H3/q+1. The van der Waals surface area contributed by atoms with Gasteiger partial charge < -0.3 is 0 Å². The van der Waals surface area contributed by atoms with E-state index in [0.29, 0.717) is 12.1 Å². The van der Waals surface area contributed by atoms with Crippen LogP contribution in [0.1, 0.15) is 52.6 Å². The maximum Gasteiger partial charge on any atom is 0.244 e. The van der Waals surface area contributed by atoms with Gasteiger partial charge in [0.15, 0.2) is 0 Å². The first-order valence-electron chi connectivity index (χ1n) is 5.27. The summed E-state index contributed by atoms with van der Waals surface area (Å²) in [6.45, 7) is 8.94. The number of hydrogen-bond acceptors (Lipinski definition) is 0. The maximum atomic E-state index is 2.28. The first-order valence-corrected chi connectivity index (χ1v) is 5.27. The topological polar surface area (TPSA) is 8.81 Å². The quantitative estimate of drug-likeness (QED) is 0.632. The summed E-state index contributed by atoms with van der Waals surface area (Å²) in [6, 6.07) is 1.23. The Labute approximate surface area is 81.2 Å². The molecule has 1 aromatic rings. The van der Waals surface area contributed by atoms with E-state index in [1.807, 2.05) is 0 Å². The minimum Gasteiger partial charge on any atom is -0.234 e. The Morgan fingerprint density at radius 3 is 2.46 bits per heavy atom. The normalized spacial score (nSPS) is 15.7. The molecule has 2 heteroatoms. The average Bonchev–Trinajstić information content (AvgIpc) is 2.64. The molecule has 0 aromatic carbocycles. The second kappa shape index (κ2) is 4.45. The maximum absolute atomic E-state index is 2.28. The summed E-state index contributed by atoms with van der Waals surface area (Å²) in [5.41, 5.74) is 0. The van der Waals surface area contributed by atoms with Crippen LogP contribution in [0.4, 0.5) is 0 Å². The third kappa shape index (κ3) is 2.33. The molecule has 2 atom stereocenters. The summed E-state index contributed by atoms with van der Waals surface area (Å²) < 4.78 is 4.57. The molecule has 0 saturated carbocycles. The van der Waals surface area contributed by atoms with Crippen molar-refractivity contribution in [2.45, 2.75) is 52.6 Å². The van der Waals surface area contributed by atoms with Crippen molar-refractivity contribution in [3.8, 4) is 0 Å². The molecule has 2 nitrogen and oxygen atoms in total. The second-order valence-corrected chi connectivity index (χ2v) is 3.82. The van der Waals surface area contributed by atoms with Gasteiger partial charge in [0.2, 0.25) is 6.33 Å². The van der Waals surface area contributed by atoms with E-state index in [4.69, 9.17) is 0 Å². The molecule has 1 rings (SSSR count). The molecular weight excluding hydrogens is 160 g/mol. The van der Waals surface area contributed by atoms with Crippen molar-refractivity contribution in [2.24, 2.45) is 0 Å². The van der Waals surface area contributed by atoms with Crippen molar-refractivity contribution in [2.75, 3.05) is 0 Å². The van der Waals surface area contributed by atoms with Gasteiger partial charge >= 0.3 is 0 Å². The zero-order valence-corrected chi connectivity index (χ0v) is 9.20. The zero-order chi connectivity index (χ0) is 9.84. The molecule has 0 fully saturated rings. The van der Waals surface area contributed by atoms with Crippen LogP contribution in [0.15, 0.2) is 18.7 Å². The van der Waals surface area contributed by atoms with Crippen LogP contribution in [0, 0.1) is 0 Å². The lowest BCUT2D eigenvalue weighted by Gasteiger charge is -2.04. The van der Waals surface area contributed by atoms with Crippen LogP contribution in [0.25, 0.3) is 0 Å². The van der Waals surface area contributed by atoms with Gasteiger partial charge in [-0.2, -0.15) is 0 Å². The highest BCUT2D eigenvalue weighted by Crippen LogP contribution is 2.08. The van der Waals surface area contributed by atoms with Gasteiger partial charge in [0, 0.05) is 0 Å². The number of imidazole rings is 1. The van der Waals surface area contributed by atoms with E-state index in [2.05, 4.69) is 55.6 Å². The van der Waals surface area contributed by atoms with Crippen molar-refractivity contribution in [1.82, 2.24) is 4.57 Å². The predicted molar refractivity (Wildman–Crippen MR) is 54.6 cm³/mol. The fraction of sp³-hybridized carbons (Fsp3) is 0.727. The van der Waals surface area contributed by atoms with Crippen LogP contribution in [0.5, 0.6) is 0 Å². The molecule has 2 unspecified atom stereocenters. The Balaban J connectivity index is 2.74. The van der Waals surface area contributed by atoms with Gasteiger partial charge in [-0.1, -0.05) is 13.8 Å². The molecule has 0 spiro atoms. The Bertz CT molecular complexity index is 228. The van der Waals surface area contributed by atoms with Gasteiger partial charge in [-0.3, -0.25) is 0 Å². The number of hydrogen-bond donors (Lipinski definition) is 0. The summed E-state index contributed by atoms with van der Waals surface area (Å²) in [5.74, 6) is 0. The lowest BCUT2D eigenvalue weighted by Crippen LogP contribution is -2.35. The van der Waals surface area contributed by atoms with Gasteiger partial charge in [0.05, 0.1) is 12.1 Å². The average molecular weight is 181 g/mol. The largest absolute Gasteiger partial charge is 0.244 e. The summed E-state index contributed by atoms with van der Waals surface area (Å²) in [5, 5.41) is 0. The minimum absolute atomic E-state index is 0.616. The van der Waals surface area contributed by atoms with E-state index < -0.39 is 0 Å². The molecule has 13 heavy (non-hydrogen) atoms. The summed E-state index contributed by atoms with van der Waals surface area (Å²) in [7, 11) is 0. The number of nitrogens with zero attached hydrogens (tertiary/aromatic N) is 2. The highest BCUT2D eigenvalue weighted by atomic mass is 15.1. The molecule has 0 N–H and O–H groups in total. The molecule has 74 valence electrons. The van der Waals surface area contributed by atoms with Gasteiger partial charge in [0.1, 0.15) is 12.4 Å². The van der Waals surface area contributed by atoms with E-state index in [1.165, 1.54) is 12.8 Å². The smallest absolute Gasteiger partial charge is 0.234 e. The minimum atomic E-state index is 0.616. The number of aromatic nitrogens is 2. The van der Waals surface area contributed by atoms with E-state index in [1.54, 1.807) is 0 Å². The molecule has 0 bridgehead atoms. The third-order valence-electron chi connectivity index (χ3n) is 2.88. The van der Waals surface area contributed by atoms with Crippen molar-refractivity contribution < 1.29 is 4.57 Å². The third-order valence-corrected chi connectivity index (χ3v) is 2.88. The summed E-state index contributed by atoms with van der Waals surface area (Å²) >= 11 is 0. The SMILES string of the molecule is CCC(C)n1cc[n+](C(C)CC)c1. The molecule has 1 aromatic heterocycles. The molecular formula is C11H21N2+. The van der Waals surface area contributed by atoms with Crippen LogP contribution in [-0.4, -0.2) is 4.57 Å². The summed E-state index contributed by atoms with van der Waals surface area (Å²) in [4.78, 5) is 0. The van der Waals surface area contributed by atoms with Crippen molar-refractivity contribution >= 4 is 0 Å². The zero-order valence-electron chi connectivity index (χ0n) is 9.20. The van der Waals surface area contributed by atoms with Crippen molar-refractivity contribution in [3.63, 3.8) is 0 Å². The molecule has 0 amide bonds. The predicted octanol–water partition coefficient (Wildman–Crippen LogP) is 2.72. The van der Waals surface area contributed by atoms with E-state index in [9.17, 15) is 0 Å². The molecule has 0 aliphatic rings. The van der Waals surface area contributed by atoms with Crippen LogP contribution >= 0.6 is 0 Å². The first-order chi connectivity index (χ1) is 6.19. The van der Waals surface area contributed by atoms with Crippen LogP contribution < -0.4 is 4.57 Å². The monoisotopic (exact) mass is 181 g/mol. The Morgan fingerprint density at radius 1 is 1.23 bits per heavy atom. The van der Waals surface area contributed by atoms with Crippen LogP contribution in [0.3, 0.4) is 0 Å². The Kier molecular flexibility index (Phi) is 3.52. The summed E-state index contributed by atoms with van der Waals surface area (Å²) in [6.07, 6.45) is 8.92. The highest BCUT2D eigenvalue weighted by molar-refractivity contribution is 4.72. The molecule has 0 radical (unpaired) electrons. The van der Waals surface area contributed by atoms with Crippen LogP contribution in [0.2, 0.25) is 0 Å². The fourth-order valence-electron chi connectivity index (χ4n) is 1.33. The Morgan fingerprint density at radius 2 is 1.92 bits per heavy atom. The van der Waals surface area contributed by atoms with Crippen LogP contribution in [-0.2, 0) is 0 Å². The van der Waals surface area contributed by atoms with E-state index in [-0.39, 0.29) is 0 Å². The first kappa shape index (κ1) is 10.3. The molecule has 0 aliphatic carbocycles. The van der Waals surface area contributed by atoms with E-state index >= 15 is 0 Å². The molecule has 0 aliphatic heterocycles. The highest BCUT2D eigenvalue weighted by Gasteiger charge is 2.12. The van der Waals surface area contributed by atoms with Gasteiger partial charge in [-0.05, 0) is 26.7 Å². The van der Waals surface area contributed by atoms with Gasteiger partial charge in [-0.15, -0.1) is 0 Å². The lowest BCUT2D eigenvalue weighted by molar-refractivity contribution is -0.719. The fourth-order valence-corrected chi connectivity index (χ4v) is 1.33. The van der Waals surface area contributed by atoms with Gasteiger partial charge in [-0.25, -0.2) is 9.13 Å². The molecule has 0 saturated heterocycles. The second-order valence-electron chi connectivity index (χ2n) is 3.82. The van der Waals surface area contributed by atoms with Gasteiger partial charge in [0.25, 0.3) is 0 Å². The number of rotatable bonds is 4. The lowest BCUT2D eigenvalue weighted by atomic mass is 10.2. The Hall–Kier alpha value is -0.790. The molecule has 1 heterocycles. The van der Waals surface area contributed by atoms with Crippen molar-refractivity contribution in [1.29, 1.82) is 0 Å². The van der Waals surface area contributed by atoms with Crippen molar-refractivity contribution in [3.05, 3.63) is 18.7 Å².